The molecule has 0 atom stereocenters. The number of amides is 2. The van der Waals surface area contributed by atoms with Crippen LogP contribution in [-0.4, -0.2) is 37.2 Å². The molecule has 0 radical (unpaired) electrons. The molecular weight excluding hydrogens is 262 g/mol. The first-order valence-corrected chi connectivity index (χ1v) is 7.11. The van der Waals surface area contributed by atoms with Crippen molar-refractivity contribution in [3.63, 3.8) is 0 Å². The van der Waals surface area contributed by atoms with Crippen molar-refractivity contribution in [1.82, 2.24) is 10.6 Å². The molecule has 1 aliphatic rings. The van der Waals surface area contributed by atoms with E-state index >= 15 is 0 Å². The fourth-order valence-electron chi connectivity index (χ4n) is 1.66. The molecule has 1 aromatic carbocycles. The minimum absolute atomic E-state index is 0.193. The Balaban J connectivity index is 1.68. The van der Waals surface area contributed by atoms with Crippen molar-refractivity contribution in [2.24, 2.45) is 4.99 Å². The van der Waals surface area contributed by atoms with E-state index in [0.29, 0.717) is 11.7 Å². The van der Waals surface area contributed by atoms with E-state index in [1.807, 2.05) is 24.3 Å². The van der Waals surface area contributed by atoms with Gasteiger partial charge in [-0.1, -0.05) is 23.9 Å². The minimum Gasteiger partial charge on any atom is -0.497 e. The summed E-state index contributed by atoms with van der Waals surface area (Å²) in [7, 11) is 1.64. The fraction of sp³-hybridized carbons (Fsp3) is 0.385. The largest absolute Gasteiger partial charge is 0.497 e. The maximum Gasteiger partial charge on any atom is 0.320 e. The fourth-order valence-corrected chi connectivity index (χ4v) is 2.39. The second kappa shape index (κ2) is 7.04. The van der Waals surface area contributed by atoms with Gasteiger partial charge in [0, 0.05) is 12.3 Å². The van der Waals surface area contributed by atoms with E-state index in [1.165, 1.54) is 0 Å². The highest BCUT2D eigenvalue weighted by Crippen LogP contribution is 2.11. The summed E-state index contributed by atoms with van der Waals surface area (Å²) in [5, 5.41) is 6.25. The van der Waals surface area contributed by atoms with Crippen LogP contribution < -0.4 is 15.4 Å². The number of methoxy groups -OCH3 is 1. The quantitative estimate of drug-likeness (QED) is 0.880. The maximum atomic E-state index is 11.6. The molecule has 0 saturated carbocycles. The van der Waals surface area contributed by atoms with Gasteiger partial charge in [0.1, 0.15) is 5.75 Å². The number of urea groups is 1. The smallest absolute Gasteiger partial charge is 0.320 e. The average molecular weight is 279 g/mol. The number of rotatable bonds is 4. The van der Waals surface area contributed by atoms with Gasteiger partial charge in [-0.3, -0.25) is 10.3 Å². The number of aliphatic imine (C=N–C) groups is 1. The number of hydrogen-bond acceptors (Lipinski definition) is 4. The van der Waals surface area contributed by atoms with Crippen molar-refractivity contribution < 1.29 is 9.53 Å². The Kier molecular flexibility index (Phi) is 5.09. The molecule has 0 aliphatic carbocycles. The van der Waals surface area contributed by atoms with Crippen molar-refractivity contribution in [1.29, 1.82) is 0 Å². The number of nitrogens with zero attached hydrogens (tertiary/aromatic N) is 1. The Morgan fingerprint density at radius 2 is 2.21 bits per heavy atom. The Morgan fingerprint density at radius 1 is 1.42 bits per heavy atom. The SMILES string of the molecule is COc1ccc(CCNC(=O)NC2=NCCS2)cc1. The standard InChI is InChI=1S/C13H17N3O2S/c1-18-11-4-2-10(3-5-11)6-7-14-12(17)16-13-15-8-9-19-13/h2-5H,6-9H2,1H3,(H2,14,15,16,17). The third-order valence-electron chi connectivity index (χ3n) is 2.66. The summed E-state index contributed by atoms with van der Waals surface area (Å²) >= 11 is 1.57. The molecule has 2 amide bonds. The normalized spacial score (nSPS) is 13.8. The molecule has 5 nitrogen and oxygen atoms in total. The van der Waals surface area contributed by atoms with Gasteiger partial charge >= 0.3 is 6.03 Å². The summed E-state index contributed by atoms with van der Waals surface area (Å²) in [6.07, 6.45) is 0.789. The van der Waals surface area contributed by atoms with E-state index in [9.17, 15) is 4.79 Å². The van der Waals surface area contributed by atoms with E-state index in [4.69, 9.17) is 4.74 Å². The lowest BCUT2D eigenvalue weighted by Gasteiger charge is -2.07. The first-order chi connectivity index (χ1) is 9.28. The van der Waals surface area contributed by atoms with Crippen LogP contribution in [0.25, 0.3) is 0 Å². The highest BCUT2D eigenvalue weighted by molar-refractivity contribution is 8.14. The molecule has 0 spiro atoms. The highest BCUT2D eigenvalue weighted by Gasteiger charge is 2.09. The Labute approximate surface area is 116 Å². The minimum atomic E-state index is -0.193. The number of ether oxygens (including phenoxy) is 1. The molecule has 0 saturated heterocycles. The van der Waals surface area contributed by atoms with Crippen LogP contribution in [-0.2, 0) is 6.42 Å². The second-order valence-corrected chi connectivity index (χ2v) is 5.10. The van der Waals surface area contributed by atoms with Crippen LogP contribution in [0, 0.1) is 0 Å². The second-order valence-electron chi connectivity index (χ2n) is 4.01. The topological polar surface area (TPSA) is 62.7 Å². The lowest BCUT2D eigenvalue weighted by molar-refractivity contribution is 0.245. The summed E-state index contributed by atoms with van der Waals surface area (Å²) in [5.74, 6) is 1.78. The number of carbonyl (C=O) groups is 1. The van der Waals surface area contributed by atoms with Crippen molar-refractivity contribution in [3.05, 3.63) is 29.8 Å². The Hall–Kier alpha value is -1.69. The molecule has 1 aliphatic heterocycles. The van der Waals surface area contributed by atoms with Crippen molar-refractivity contribution in [2.45, 2.75) is 6.42 Å². The van der Waals surface area contributed by atoms with Gasteiger partial charge in [-0.15, -0.1) is 0 Å². The van der Waals surface area contributed by atoms with Crippen LogP contribution in [0.5, 0.6) is 5.75 Å². The lowest BCUT2D eigenvalue weighted by atomic mass is 10.1. The maximum absolute atomic E-state index is 11.6. The van der Waals surface area contributed by atoms with Gasteiger partial charge in [0.25, 0.3) is 0 Å². The van der Waals surface area contributed by atoms with Gasteiger partial charge in [-0.25, -0.2) is 4.79 Å². The molecule has 0 bridgehead atoms. The van der Waals surface area contributed by atoms with E-state index in [-0.39, 0.29) is 6.03 Å². The zero-order chi connectivity index (χ0) is 13.5. The molecular formula is C13H17N3O2S. The molecule has 6 heteroatoms. The van der Waals surface area contributed by atoms with E-state index in [1.54, 1.807) is 18.9 Å². The third-order valence-corrected chi connectivity index (χ3v) is 3.56. The number of amidine groups is 1. The molecule has 19 heavy (non-hydrogen) atoms. The van der Waals surface area contributed by atoms with Crippen LogP contribution in [0.3, 0.4) is 0 Å². The van der Waals surface area contributed by atoms with Crippen molar-refractivity contribution in [3.8, 4) is 5.75 Å². The third kappa shape index (κ3) is 4.48. The predicted octanol–water partition coefficient (Wildman–Crippen LogP) is 1.64. The van der Waals surface area contributed by atoms with Crippen LogP contribution in [0.4, 0.5) is 4.79 Å². The number of benzene rings is 1. The highest BCUT2D eigenvalue weighted by atomic mass is 32.2. The van der Waals surface area contributed by atoms with Gasteiger partial charge in [-0.05, 0) is 24.1 Å². The summed E-state index contributed by atoms with van der Waals surface area (Å²) in [6, 6.07) is 7.63. The molecule has 0 unspecified atom stereocenters. The Morgan fingerprint density at radius 3 is 2.84 bits per heavy atom. The number of thioether (sulfide) groups is 1. The van der Waals surface area contributed by atoms with Crippen LogP contribution >= 0.6 is 11.8 Å². The van der Waals surface area contributed by atoms with Gasteiger partial charge in [0.05, 0.1) is 13.7 Å². The molecule has 1 aromatic rings. The summed E-state index contributed by atoms with van der Waals surface area (Å²) in [5.41, 5.74) is 1.16. The Bertz CT molecular complexity index is 459. The van der Waals surface area contributed by atoms with E-state index in [2.05, 4.69) is 15.6 Å². The van der Waals surface area contributed by atoms with Crippen LogP contribution in [0.2, 0.25) is 0 Å². The summed E-state index contributed by atoms with van der Waals surface area (Å²) < 4.78 is 5.09. The van der Waals surface area contributed by atoms with Crippen LogP contribution in [0.1, 0.15) is 5.56 Å². The van der Waals surface area contributed by atoms with Crippen molar-refractivity contribution >= 4 is 23.0 Å². The molecule has 2 rings (SSSR count). The first-order valence-electron chi connectivity index (χ1n) is 6.13. The summed E-state index contributed by atoms with van der Waals surface area (Å²) in [4.78, 5) is 15.7. The number of carbonyl (C=O) groups excluding carboxylic acids is 1. The number of nitrogens with one attached hydrogen (secondary N) is 2. The monoisotopic (exact) mass is 279 g/mol. The molecule has 2 N–H and O–H groups in total. The van der Waals surface area contributed by atoms with Gasteiger partial charge in [0.2, 0.25) is 0 Å². The molecule has 0 fully saturated rings. The zero-order valence-corrected chi connectivity index (χ0v) is 11.6. The van der Waals surface area contributed by atoms with Crippen molar-refractivity contribution in [2.75, 3.05) is 26.0 Å². The first kappa shape index (κ1) is 13.7. The zero-order valence-electron chi connectivity index (χ0n) is 10.8. The molecule has 102 valence electrons. The van der Waals surface area contributed by atoms with E-state index in [0.717, 1.165) is 30.0 Å². The summed E-state index contributed by atoms with van der Waals surface area (Å²) in [6.45, 7) is 1.38. The van der Waals surface area contributed by atoms with Gasteiger partial charge in [0.15, 0.2) is 5.17 Å². The van der Waals surface area contributed by atoms with E-state index < -0.39 is 0 Å². The number of hydrogen-bond donors (Lipinski definition) is 2. The van der Waals surface area contributed by atoms with Gasteiger partial charge < -0.3 is 10.1 Å². The van der Waals surface area contributed by atoms with Crippen LogP contribution in [0.15, 0.2) is 29.3 Å². The lowest BCUT2D eigenvalue weighted by Crippen LogP contribution is -2.38. The molecule has 1 heterocycles. The average Bonchev–Trinajstić information content (AvgIpc) is 2.92. The molecule has 0 aromatic heterocycles. The van der Waals surface area contributed by atoms with Gasteiger partial charge in [-0.2, -0.15) is 0 Å². The predicted molar refractivity (Wildman–Crippen MR) is 78.0 cm³/mol.